The van der Waals surface area contributed by atoms with Gasteiger partial charge in [-0.2, -0.15) is 0 Å². The lowest BCUT2D eigenvalue weighted by atomic mass is 9.87. The Bertz CT molecular complexity index is 763. The first-order valence-corrected chi connectivity index (χ1v) is 9.02. The van der Waals surface area contributed by atoms with Gasteiger partial charge in [-0.1, -0.05) is 51.1 Å². The van der Waals surface area contributed by atoms with E-state index in [0.717, 1.165) is 15.7 Å². The molecule has 0 bridgehead atoms. The van der Waals surface area contributed by atoms with Crippen molar-refractivity contribution in [2.24, 2.45) is 0 Å². The lowest BCUT2D eigenvalue weighted by Crippen LogP contribution is -2.21. The first-order chi connectivity index (χ1) is 11.8. The van der Waals surface area contributed by atoms with Crippen molar-refractivity contribution in [2.45, 2.75) is 32.6 Å². The van der Waals surface area contributed by atoms with Crippen LogP contribution in [0.2, 0.25) is 0 Å². The Morgan fingerprint density at radius 3 is 2.60 bits per heavy atom. The van der Waals surface area contributed by atoms with Gasteiger partial charge in [0, 0.05) is 4.47 Å². The third-order valence-corrected chi connectivity index (χ3v) is 4.46. The molecule has 25 heavy (non-hydrogen) atoms. The maximum Gasteiger partial charge on any atom is 0.262 e. The van der Waals surface area contributed by atoms with E-state index in [1.807, 2.05) is 48.5 Å². The summed E-state index contributed by atoms with van der Waals surface area (Å²) < 4.78 is 6.53. The molecule has 1 N–H and O–H groups in total. The predicted molar refractivity (Wildman–Crippen MR) is 107 cm³/mol. The number of allylic oxidation sites excluding steroid dienone is 1. The van der Waals surface area contributed by atoms with E-state index in [9.17, 15) is 4.79 Å². The number of para-hydroxylation sites is 1. The van der Waals surface area contributed by atoms with Crippen molar-refractivity contribution in [3.05, 3.63) is 70.7 Å². The van der Waals surface area contributed by atoms with Crippen LogP contribution in [0, 0.1) is 0 Å². The topological polar surface area (TPSA) is 38.3 Å². The Kier molecular flexibility index (Phi) is 6.43. The van der Waals surface area contributed by atoms with Gasteiger partial charge in [-0.15, -0.1) is 6.58 Å². The van der Waals surface area contributed by atoms with Crippen LogP contribution in [-0.4, -0.2) is 12.5 Å². The zero-order chi connectivity index (χ0) is 18.4. The van der Waals surface area contributed by atoms with E-state index in [-0.39, 0.29) is 17.9 Å². The Hall–Kier alpha value is -2.07. The Morgan fingerprint density at radius 2 is 1.96 bits per heavy atom. The van der Waals surface area contributed by atoms with Gasteiger partial charge in [0.25, 0.3) is 5.91 Å². The average molecular weight is 402 g/mol. The highest BCUT2D eigenvalue weighted by Crippen LogP contribution is 2.30. The summed E-state index contributed by atoms with van der Waals surface area (Å²) in [4.78, 5) is 12.2. The van der Waals surface area contributed by atoms with Gasteiger partial charge in [-0.05, 0) is 57.1 Å². The van der Waals surface area contributed by atoms with Gasteiger partial charge < -0.3 is 10.1 Å². The van der Waals surface area contributed by atoms with Crippen LogP contribution in [0.5, 0.6) is 5.75 Å². The predicted octanol–water partition coefficient (Wildman–Crippen LogP) is 5.49. The van der Waals surface area contributed by atoms with E-state index >= 15 is 0 Å². The number of amides is 1. The standard InChI is InChI=1S/C21H24BrNO2/c1-5-8-15-9-6-7-10-19(15)25-14-20(24)23-18-12-11-16(13-17(18)22)21(2,3)4/h5-7,9-13H,1,8,14H2,2-4H3,(H,23,24). The van der Waals surface area contributed by atoms with Crippen molar-refractivity contribution in [3.8, 4) is 5.75 Å². The summed E-state index contributed by atoms with van der Waals surface area (Å²) in [6, 6.07) is 13.6. The summed E-state index contributed by atoms with van der Waals surface area (Å²) in [7, 11) is 0. The Labute approximate surface area is 158 Å². The highest BCUT2D eigenvalue weighted by atomic mass is 79.9. The van der Waals surface area contributed by atoms with E-state index in [4.69, 9.17) is 4.74 Å². The molecule has 3 nitrogen and oxygen atoms in total. The molecule has 0 radical (unpaired) electrons. The molecule has 0 aliphatic heterocycles. The largest absolute Gasteiger partial charge is 0.483 e. The lowest BCUT2D eigenvalue weighted by Gasteiger charge is -2.20. The molecule has 2 aromatic carbocycles. The van der Waals surface area contributed by atoms with Crippen molar-refractivity contribution in [3.63, 3.8) is 0 Å². The molecule has 2 aromatic rings. The number of benzene rings is 2. The molecule has 0 aromatic heterocycles. The van der Waals surface area contributed by atoms with Gasteiger partial charge in [0.1, 0.15) is 5.75 Å². The average Bonchev–Trinajstić information content (AvgIpc) is 2.55. The van der Waals surface area contributed by atoms with Crippen molar-refractivity contribution in [1.29, 1.82) is 0 Å². The fraction of sp³-hybridized carbons (Fsp3) is 0.286. The minimum atomic E-state index is -0.197. The monoisotopic (exact) mass is 401 g/mol. The Morgan fingerprint density at radius 1 is 1.24 bits per heavy atom. The third-order valence-electron chi connectivity index (χ3n) is 3.80. The number of anilines is 1. The molecule has 0 fully saturated rings. The van der Waals surface area contributed by atoms with E-state index in [2.05, 4.69) is 48.6 Å². The second-order valence-corrected chi connectivity index (χ2v) is 7.74. The maximum atomic E-state index is 12.2. The van der Waals surface area contributed by atoms with Crippen LogP contribution < -0.4 is 10.1 Å². The van der Waals surface area contributed by atoms with Crippen LogP contribution in [0.15, 0.2) is 59.6 Å². The SMILES string of the molecule is C=CCc1ccccc1OCC(=O)Nc1ccc(C(C)(C)C)cc1Br. The van der Waals surface area contributed by atoms with Gasteiger partial charge in [-0.3, -0.25) is 4.79 Å². The normalized spacial score (nSPS) is 11.0. The molecule has 132 valence electrons. The molecule has 0 spiro atoms. The van der Waals surface area contributed by atoms with E-state index < -0.39 is 0 Å². The highest BCUT2D eigenvalue weighted by Gasteiger charge is 2.15. The number of hydrogen-bond donors (Lipinski definition) is 1. The molecule has 0 aliphatic carbocycles. The van der Waals surface area contributed by atoms with E-state index in [1.54, 1.807) is 0 Å². The van der Waals surface area contributed by atoms with Crippen LogP contribution in [0.1, 0.15) is 31.9 Å². The Balaban J connectivity index is 2.00. The quantitative estimate of drug-likeness (QED) is 0.649. The summed E-state index contributed by atoms with van der Waals surface area (Å²) >= 11 is 3.53. The molecule has 0 saturated carbocycles. The van der Waals surface area contributed by atoms with Crippen LogP contribution in [0.3, 0.4) is 0 Å². The summed E-state index contributed by atoms with van der Waals surface area (Å²) in [5, 5.41) is 2.88. The summed E-state index contributed by atoms with van der Waals surface area (Å²) in [6.07, 6.45) is 2.52. The molecule has 0 aliphatic rings. The molecular weight excluding hydrogens is 378 g/mol. The first-order valence-electron chi connectivity index (χ1n) is 8.22. The van der Waals surface area contributed by atoms with Gasteiger partial charge >= 0.3 is 0 Å². The van der Waals surface area contributed by atoms with Gasteiger partial charge in [-0.25, -0.2) is 0 Å². The van der Waals surface area contributed by atoms with Crippen molar-refractivity contribution < 1.29 is 9.53 Å². The third kappa shape index (κ3) is 5.46. The summed E-state index contributed by atoms with van der Waals surface area (Å²) in [5.74, 6) is 0.511. The minimum absolute atomic E-state index is 0.0401. The van der Waals surface area contributed by atoms with Crippen LogP contribution in [0.4, 0.5) is 5.69 Å². The first kappa shape index (κ1) is 19.3. The summed E-state index contributed by atoms with van der Waals surface area (Å²) in [5.41, 5.74) is 3.01. The minimum Gasteiger partial charge on any atom is -0.483 e. The van der Waals surface area contributed by atoms with E-state index in [1.165, 1.54) is 5.56 Å². The highest BCUT2D eigenvalue weighted by molar-refractivity contribution is 9.10. The molecule has 4 heteroatoms. The number of rotatable bonds is 6. The fourth-order valence-electron chi connectivity index (χ4n) is 2.38. The van der Waals surface area contributed by atoms with Crippen molar-refractivity contribution >= 4 is 27.5 Å². The van der Waals surface area contributed by atoms with Crippen LogP contribution in [0.25, 0.3) is 0 Å². The number of nitrogens with one attached hydrogen (secondary N) is 1. The zero-order valence-corrected chi connectivity index (χ0v) is 16.5. The molecule has 0 unspecified atom stereocenters. The lowest BCUT2D eigenvalue weighted by molar-refractivity contribution is -0.118. The number of halogens is 1. The fourth-order valence-corrected chi connectivity index (χ4v) is 2.86. The second kappa shape index (κ2) is 8.34. The zero-order valence-electron chi connectivity index (χ0n) is 14.9. The van der Waals surface area contributed by atoms with Gasteiger partial charge in [0.15, 0.2) is 6.61 Å². The molecule has 0 saturated heterocycles. The van der Waals surface area contributed by atoms with Crippen molar-refractivity contribution in [2.75, 3.05) is 11.9 Å². The number of carbonyl (C=O) groups excluding carboxylic acids is 1. The molecule has 0 heterocycles. The number of carbonyl (C=O) groups is 1. The van der Waals surface area contributed by atoms with Crippen molar-refractivity contribution in [1.82, 2.24) is 0 Å². The van der Waals surface area contributed by atoms with Gasteiger partial charge in [0.2, 0.25) is 0 Å². The van der Waals surface area contributed by atoms with Crippen LogP contribution in [-0.2, 0) is 16.6 Å². The smallest absolute Gasteiger partial charge is 0.262 e. The molecule has 2 rings (SSSR count). The van der Waals surface area contributed by atoms with Crippen LogP contribution >= 0.6 is 15.9 Å². The van der Waals surface area contributed by atoms with E-state index in [0.29, 0.717) is 12.2 Å². The summed E-state index contributed by atoms with van der Waals surface area (Å²) in [6.45, 7) is 10.2. The molecule has 0 atom stereocenters. The number of ether oxygens (including phenoxy) is 1. The molecule has 1 amide bonds. The number of hydrogen-bond acceptors (Lipinski definition) is 2. The maximum absolute atomic E-state index is 12.2. The van der Waals surface area contributed by atoms with Gasteiger partial charge in [0.05, 0.1) is 5.69 Å². The second-order valence-electron chi connectivity index (χ2n) is 6.88. The molecular formula is C21H24BrNO2.